The van der Waals surface area contributed by atoms with Crippen molar-refractivity contribution in [3.63, 3.8) is 0 Å². The number of nitrogens with one attached hydrogen (secondary N) is 1. The Balaban J connectivity index is 2.97. The van der Waals surface area contributed by atoms with Crippen molar-refractivity contribution in [2.45, 2.75) is 39.8 Å². The Kier molecular flexibility index (Phi) is 6.31. The molecule has 6 heteroatoms. The fourth-order valence-electron chi connectivity index (χ4n) is 2.13. The molecule has 0 aliphatic rings. The third kappa shape index (κ3) is 4.09. The third-order valence-corrected chi connectivity index (χ3v) is 4.77. The number of carbonyl (C=O) groups is 1. The molecule has 1 rings (SSSR count). The molecule has 1 N–H and O–H groups in total. The molecule has 0 aliphatic carbocycles. The maximum Gasteiger partial charge on any atom is 0.313 e. The summed E-state index contributed by atoms with van der Waals surface area (Å²) in [5.41, 5.74) is -0.247. The van der Waals surface area contributed by atoms with E-state index in [0.717, 1.165) is 5.56 Å². The van der Waals surface area contributed by atoms with Gasteiger partial charge in [0.15, 0.2) is 11.5 Å². The van der Waals surface area contributed by atoms with Crippen molar-refractivity contribution in [1.82, 2.24) is 5.32 Å². The van der Waals surface area contributed by atoms with Gasteiger partial charge in [0.25, 0.3) is 0 Å². The van der Waals surface area contributed by atoms with Crippen molar-refractivity contribution in [1.29, 1.82) is 0 Å². The van der Waals surface area contributed by atoms with Crippen molar-refractivity contribution in [2.75, 3.05) is 21.3 Å². The molecule has 0 aromatic heterocycles. The predicted octanol–water partition coefficient (Wildman–Crippen LogP) is 3.42. The molecular weight excluding hydrogens is 318 g/mol. The standard InChI is InChI=1S/C17H26ClNO4/c1-16(2,15(20)23-7)17(3,4)19-10-11-8-12(18)14(22-6)13(9-11)21-5/h8-9,19H,10H2,1-7H3. The van der Waals surface area contributed by atoms with Gasteiger partial charge in [-0.2, -0.15) is 0 Å². The number of ether oxygens (including phenoxy) is 3. The Hall–Kier alpha value is -1.46. The lowest BCUT2D eigenvalue weighted by Gasteiger charge is -2.40. The first-order valence-electron chi connectivity index (χ1n) is 7.34. The Morgan fingerprint density at radius 1 is 1.13 bits per heavy atom. The monoisotopic (exact) mass is 343 g/mol. The van der Waals surface area contributed by atoms with E-state index in [1.54, 1.807) is 14.2 Å². The quantitative estimate of drug-likeness (QED) is 0.769. The van der Waals surface area contributed by atoms with Crippen LogP contribution in [0.25, 0.3) is 0 Å². The van der Waals surface area contributed by atoms with Gasteiger partial charge in [0.05, 0.1) is 31.8 Å². The van der Waals surface area contributed by atoms with E-state index in [2.05, 4.69) is 5.32 Å². The number of hydrogen-bond donors (Lipinski definition) is 1. The molecule has 0 aliphatic heterocycles. The van der Waals surface area contributed by atoms with Gasteiger partial charge >= 0.3 is 5.97 Å². The Bertz CT molecular complexity index is 570. The fraction of sp³-hybridized carbons (Fsp3) is 0.588. The number of halogens is 1. The minimum Gasteiger partial charge on any atom is -0.493 e. The number of methoxy groups -OCH3 is 3. The van der Waals surface area contributed by atoms with Crippen molar-refractivity contribution in [2.24, 2.45) is 5.41 Å². The van der Waals surface area contributed by atoms with Crippen molar-refractivity contribution in [3.05, 3.63) is 22.7 Å². The molecule has 0 bridgehead atoms. The number of benzene rings is 1. The molecule has 23 heavy (non-hydrogen) atoms. The van der Waals surface area contributed by atoms with Gasteiger partial charge in [-0.3, -0.25) is 4.79 Å². The van der Waals surface area contributed by atoms with Crippen LogP contribution in [-0.4, -0.2) is 32.8 Å². The second-order valence-corrected chi connectivity index (χ2v) is 6.82. The van der Waals surface area contributed by atoms with Crippen LogP contribution < -0.4 is 14.8 Å². The molecule has 0 heterocycles. The molecule has 130 valence electrons. The van der Waals surface area contributed by atoms with Gasteiger partial charge in [-0.15, -0.1) is 0 Å². The van der Waals surface area contributed by atoms with E-state index in [0.29, 0.717) is 23.1 Å². The summed E-state index contributed by atoms with van der Waals surface area (Å²) in [6.07, 6.45) is 0. The zero-order valence-electron chi connectivity index (χ0n) is 14.9. The van der Waals surface area contributed by atoms with E-state index in [9.17, 15) is 4.79 Å². The normalized spacial score (nSPS) is 12.0. The molecule has 0 atom stereocenters. The second-order valence-electron chi connectivity index (χ2n) is 6.41. The van der Waals surface area contributed by atoms with Crippen LogP contribution >= 0.6 is 11.6 Å². The first-order chi connectivity index (χ1) is 10.6. The zero-order valence-corrected chi connectivity index (χ0v) is 15.6. The number of carbonyl (C=O) groups excluding carboxylic acids is 1. The van der Waals surface area contributed by atoms with E-state index in [1.165, 1.54) is 7.11 Å². The second kappa shape index (κ2) is 7.41. The SMILES string of the molecule is COC(=O)C(C)(C)C(C)(C)NCc1cc(Cl)c(OC)c(OC)c1. The summed E-state index contributed by atoms with van der Waals surface area (Å²) in [6, 6.07) is 3.68. The molecular formula is C17H26ClNO4. The first-order valence-corrected chi connectivity index (χ1v) is 7.72. The maximum absolute atomic E-state index is 12.0. The van der Waals surface area contributed by atoms with Gasteiger partial charge in [0, 0.05) is 12.1 Å². The van der Waals surface area contributed by atoms with Crippen LogP contribution in [0.15, 0.2) is 12.1 Å². The highest BCUT2D eigenvalue weighted by molar-refractivity contribution is 6.32. The highest BCUT2D eigenvalue weighted by atomic mass is 35.5. The Morgan fingerprint density at radius 3 is 2.22 bits per heavy atom. The van der Waals surface area contributed by atoms with Gasteiger partial charge < -0.3 is 19.5 Å². The molecule has 1 aromatic carbocycles. The van der Waals surface area contributed by atoms with Crippen LogP contribution in [0.1, 0.15) is 33.3 Å². The van der Waals surface area contributed by atoms with Gasteiger partial charge in [-0.25, -0.2) is 0 Å². The predicted molar refractivity (Wildman–Crippen MR) is 91.3 cm³/mol. The lowest BCUT2D eigenvalue weighted by atomic mass is 9.74. The smallest absolute Gasteiger partial charge is 0.313 e. The topological polar surface area (TPSA) is 56.8 Å². The van der Waals surface area contributed by atoms with Crippen molar-refractivity contribution < 1.29 is 19.0 Å². The molecule has 0 spiro atoms. The summed E-state index contributed by atoms with van der Waals surface area (Å²) in [5, 5.41) is 3.87. The fourth-order valence-corrected chi connectivity index (χ4v) is 2.44. The molecule has 0 saturated carbocycles. The van der Waals surface area contributed by atoms with Crippen LogP contribution in [-0.2, 0) is 16.1 Å². The Labute approximate surface area is 143 Å². The molecule has 0 unspecified atom stereocenters. The summed E-state index contributed by atoms with van der Waals surface area (Å²) < 4.78 is 15.4. The highest BCUT2D eigenvalue weighted by Gasteiger charge is 2.43. The van der Waals surface area contributed by atoms with E-state index in [-0.39, 0.29) is 5.97 Å². The average Bonchev–Trinajstić information content (AvgIpc) is 2.51. The van der Waals surface area contributed by atoms with Crippen molar-refractivity contribution >= 4 is 17.6 Å². The summed E-state index contributed by atoms with van der Waals surface area (Å²) >= 11 is 6.22. The largest absolute Gasteiger partial charge is 0.493 e. The summed E-state index contributed by atoms with van der Waals surface area (Å²) in [7, 11) is 4.51. The van der Waals surface area contributed by atoms with Crippen molar-refractivity contribution in [3.8, 4) is 11.5 Å². The van der Waals surface area contributed by atoms with Crippen LogP contribution in [0.3, 0.4) is 0 Å². The van der Waals surface area contributed by atoms with E-state index in [4.69, 9.17) is 25.8 Å². The molecule has 1 aromatic rings. The number of esters is 1. The minimum absolute atomic E-state index is 0.264. The van der Waals surface area contributed by atoms with Gasteiger partial charge in [-0.1, -0.05) is 11.6 Å². The van der Waals surface area contributed by atoms with Gasteiger partial charge in [0.2, 0.25) is 0 Å². The average molecular weight is 344 g/mol. The van der Waals surface area contributed by atoms with E-state index in [1.807, 2.05) is 39.8 Å². The summed E-state index contributed by atoms with van der Waals surface area (Å²) in [6.45, 7) is 8.16. The minimum atomic E-state index is -0.692. The molecule has 0 fully saturated rings. The van der Waals surface area contributed by atoms with Crippen LogP contribution in [0.4, 0.5) is 0 Å². The summed E-state index contributed by atoms with van der Waals surface area (Å²) in [5.74, 6) is 0.814. The first kappa shape index (κ1) is 19.6. The van der Waals surface area contributed by atoms with E-state index < -0.39 is 11.0 Å². The zero-order chi connectivity index (χ0) is 17.8. The molecule has 5 nitrogen and oxygen atoms in total. The lowest BCUT2D eigenvalue weighted by Crippen LogP contribution is -2.55. The molecule has 0 radical (unpaired) electrons. The maximum atomic E-state index is 12.0. The number of hydrogen-bond acceptors (Lipinski definition) is 5. The van der Waals surface area contributed by atoms with Gasteiger partial charge in [0.1, 0.15) is 0 Å². The summed E-state index contributed by atoms with van der Waals surface area (Å²) in [4.78, 5) is 12.0. The molecule has 0 saturated heterocycles. The lowest BCUT2D eigenvalue weighted by molar-refractivity contribution is -0.155. The van der Waals surface area contributed by atoms with Gasteiger partial charge in [-0.05, 0) is 45.4 Å². The van der Waals surface area contributed by atoms with E-state index >= 15 is 0 Å². The Morgan fingerprint density at radius 2 is 1.74 bits per heavy atom. The number of rotatable bonds is 7. The van der Waals surface area contributed by atoms with Crippen LogP contribution in [0.2, 0.25) is 5.02 Å². The van der Waals surface area contributed by atoms with Crippen LogP contribution in [0, 0.1) is 5.41 Å². The third-order valence-electron chi connectivity index (χ3n) is 4.49. The van der Waals surface area contributed by atoms with Crippen LogP contribution in [0.5, 0.6) is 11.5 Å². The molecule has 0 amide bonds. The highest BCUT2D eigenvalue weighted by Crippen LogP contribution is 2.37.